The maximum atomic E-state index is 5.91. The van der Waals surface area contributed by atoms with Crippen LogP contribution in [0.1, 0.15) is 5.56 Å². The third-order valence-electron chi connectivity index (χ3n) is 2.32. The molecule has 0 saturated heterocycles. The average Bonchev–Trinajstić information content (AvgIpc) is 2.33. The van der Waals surface area contributed by atoms with Crippen LogP contribution in [0.15, 0.2) is 46.9 Å². The highest BCUT2D eigenvalue weighted by Gasteiger charge is 2.04. The van der Waals surface area contributed by atoms with Crippen molar-refractivity contribution in [3.63, 3.8) is 0 Å². The van der Waals surface area contributed by atoms with E-state index >= 15 is 0 Å². The van der Waals surface area contributed by atoms with E-state index in [1.54, 1.807) is 12.1 Å². The minimum atomic E-state index is 0.470. The highest BCUT2D eigenvalue weighted by molar-refractivity contribution is 9.10. The minimum absolute atomic E-state index is 0.470. The maximum absolute atomic E-state index is 5.91. The Morgan fingerprint density at radius 3 is 2.53 bits per heavy atom. The Labute approximate surface area is 113 Å². The lowest BCUT2D eigenvalue weighted by Crippen LogP contribution is -1.98. The first-order valence-corrected chi connectivity index (χ1v) is 6.25. The SMILES string of the molecule is Nc1c(Cl)cccc1OCc1ccc(Br)cc1. The Morgan fingerprint density at radius 1 is 1.12 bits per heavy atom. The van der Waals surface area contributed by atoms with Crippen molar-refractivity contribution >= 4 is 33.2 Å². The Balaban J connectivity index is 2.07. The molecular weight excluding hydrogens is 302 g/mol. The van der Waals surface area contributed by atoms with Gasteiger partial charge in [0.25, 0.3) is 0 Å². The monoisotopic (exact) mass is 311 g/mol. The van der Waals surface area contributed by atoms with Gasteiger partial charge in [-0.2, -0.15) is 0 Å². The van der Waals surface area contributed by atoms with E-state index in [0.29, 0.717) is 23.1 Å². The van der Waals surface area contributed by atoms with Gasteiger partial charge in [-0.15, -0.1) is 0 Å². The summed E-state index contributed by atoms with van der Waals surface area (Å²) < 4.78 is 6.66. The first kappa shape index (κ1) is 12.3. The summed E-state index contributed by atoms with van der Waals surface area (Å²) in [6.45, 7) is 0.470. The molecule has 0 bridgehead atoms. The highest BCUT2D eigenvalue weighted by Crippen LogP contribution is 2.29. The molecule has 2 N–H and O–H groups in total. The van der Waals surface area contributed by atoms with Crippen molar-refractivity contribution < 1.29 is 4.74 Å². The number of nitrogens with two attached hydrogens (primary N) is 1. The third-order valence-corrected chi connectivity index (χ3v) is 3.18. The first-order chi connectivity index (χ1) is 8.16. The van der Waals surface area contributed by atoms with Gasteiger partial charge in [0.15, 0.2) is 0 Å². The van der Waals surface area contributed by atoms with Crippen molar-refractivity contribution in [2.75, 3.05) is 5.73 Å². The van der Waals surface area contributed by atoms with Crippen LogP contribution in [0.4, 0.5) is 5.69 Å². The molecule has 0 radical (unpaired) electrons. The van der Waals surface area contributed by atoms with Gasteiger partial charge in [-0.25, -0.2) is 0 Å². The molecule has 0 amide bonds. The molecule has 88 valence electrons. The van der Waals surface area contributed by atoms with Gasteiger partial charge in [0.1, 0.15) is 12.4 Å². The molecule has 0 aliphatic carbocycles. The number of para-hydroxylation sites is 1. The molecule has 0 aliphatic heterocycles. The van der Waals surface area contributed by atoms with E-state index in [9.17, 15) is 0 Å². The van der Waals surface area contributed by atoms with E-state index < -0.39 is 0 Å². The van der Waals surface area contributed by atoms with E-state index in [-0.39, 0.29) is 0 Å². The Morgan fingerprint density at radius 2 is 1.82 bits per heavy atom. The second-order valence-corrected chi connectivity index (χ2v) is 4.89. The van der Waals surface area contributed by atoms with E-state index in [1.807, 2.05) is 30.3 Å². The second-order valence-electron chi connectivity index (χ2n) is 3.57. The van der Waals surface area contributed by atoms with Crippen LogP contribution in [-0.4, -0.2) is 0 Å². The molecule has 2 rings (SSSR count). The molecule has 0 fully saturated rings. The fourth-order valence-corrected chi connectivity index (χ4v) is 1.82. The predicted octanol–water partition coefficient (Wildman–Crippen LogP) is 4.26. The maximum Gasteiger partial charge on any atom is 0.144 e. The molecule has 17 heavy (non-hydrogen) atoms. The van der Waals surface area contributed by atoms with Crippen molar-refractivity contribution in [1.82, 2.24) is 0 Å². The van der Waals surface area contributed by atoms with Crippen molar-refractivity contribution in [2.45, 2.75) is 6.61 Å². The van der Waals surface area contributed by atoms with Crippen molar-refractivity contribution in [2.24, 2.45) is 0 Å². The van der Waals surface area contributed by atoms with Gasteiger partial charge < -0.3 is 10.5 Å². The van der Waals surface area contributed by atoms with Crippen LogP contribution in [0.2, 0.25) is 5.02 Å². The summed E-state index contributed by atoms with van der Waals surface area (Å²) in [5.41, 5.74) is 7.36. The molecule has 0 atom stereocenters. The number of rotatable bonds is 3. The highest BCUT2D eigenvalue weighted by atomic mass is 79.9. The van der Waals surface area contributed by atoms with E-state index in [2.05, 4.69) is 15.9 Å². The van der Waals surface area contributed by atoms with Crippen LogP contribution in [0.25, 0.3) is 0 Å². The smallest absolute Gasteiger partial charge is 0.144 e. The van der Waals surface area contributed by atoms with E-state index in [4.69, 9.17) is 22.1 Å². The molecule has 2 nitrogen and oxygen atoms in total. The zero-order chi connectivity index (χ0) is 12.3. The van der Waals surface area contributed by atoms with Crippen LogP contribution in [0, 0.1) is 0 Å². The van der Waals surface area contributed by atoms with Crippen LogP contribution in [0.3, 0.4) is 0 Å². The van der Waals surface area contributed by atoms with Gasteiger partial charge in [-0.1, -0.05) is 45.7 Å². The predicted molar refractivity (Wildman–Crippen MR) is 74.3 cm³/mol. The van der Waals surface area contributed by atoms with Crippen molar-refractivity contribution in [1.29, 1.82) is 0 Å². The Hall–Kier alpha value is -1.19. The molecule has 0 saturated carbocycles. The number of nitrogen functional groups attached to an aromatic ring is 1. The lowest BCUT2D eigenvalue weighted by atomic mass is 10.2. The summed E-state index contributed by atoms with van der Waals surface area (Å²) in [7, 11) is 0. The summed E-state index contributed by atoms with van der Waals surface area (Å²) in [6.07, 6.45) is 0. The van der Waals surface area contributed by atoms with Crippen molar-refractivity contribution in [3.8, 4) is 5.75 Å². The first-order valence-electron chi connectivity index (χ1n) is 5.08. The number of hydrogen-bond donors (Lipinski definition) is 1. The lowest BCUT2D eigenvalue weighted by Gasteiger charge is -2.09. The average molecular weight is 313 g/mol. The normalized spacial score (nSPS) is 10.2. The van der Waals surface area contributed by atoms with Gasteiger partial charge in [0.05, 0.1) is 10.7 Å². The Bertz CT molecular complexity index is 513. The standard InChI is InChI=1S/C13H11BrClNO/c14-10-6-4-9(5-7-10)8-17-12-3-1-2-11(15)13(12)16/h1-7H,8,16H2. The molecule has 2 aromatic rings. The van der Waals surface area contributed by atoms with E-state index in [1.165, 1.54) is 0 Å². The zero-order valence-electron chi connectivity index (χ0n) is 8.99. The number of halogens is 2. The third kappa shape index (κ3) is 3.14. The minimum Gasteiger partial charge on any atom is -0.487 e. The molecule has 0 aliphatic rings. The molecule has 0 heterocycles. The number of anilines is 1. The van der Waals surface area contributed by atoms with Crippen molar-refractivity contribution in [3.05, 3.63) is 57.5 Å². The second kappa shape index (κ2) is 5.43. The molecular formula is C13H11BrClNO. The van der Waals surface area contributed by atoms with Gasteiger partial charge in [0, 0.05) is 4.47 Å². The quantitative estimate of drug-likeness (QED) is 0.859. The zero-order valence-corrected chi connectivity index (χ0v) is 11.3. The fraction of sp³-hybridized carbons (Fsp3) is 0.0769. The number of ether oxygens (including phenoxy) is 1. The largest absolute Gasteiger partial charge is 0.487 e. The van der Waals surface area contributed by atoms with Crippen LogP contribution >= 0.6 is 27.5 Å². The van der Waals surface area contributed by atoms with Gasteiger partial charge in [-0.3, -0.25) is 0 Å². The molecule has 0 unspecified atom stereocenters. The summed E-state index contributed by atoms with van der Waals surface area (Å²) in [5, 5.41) is 0.512. The summed E-state index contributed by atoms with van der Waals surface area (Å²) in [5.74, 6) is 0.611. The fourth-order valence-electron chi connectivity index (χ4n) is 1.38. The van der Waals surface area contributed by atoms with E-state index in [0.717, 1.165) is 10.0 Å². The van der Waals surface area contributed by atoms with Crippen LogP contribution in [-0.2, 0) is 6.61 Å². The summed E-state index contributed by atoms with van der Waals surface area (Å²) in [6, 6.07) is 13.3. The van der Waals surface area contributed by atoms with Gasteiger partial charge in [-0.05, 0) is 29.8 Å². The van der Waals surface area contributed by atoms with Crippen LogP contribution < -0.4 is 10.5 Å². The topological polar surface area (TPSA) is 35.2 Å². The number of benzene rings is 2. The summed E-state index contributed by atoms with van der Waals surface area (Å²) >= 11 is 9.29. The number of hydrogen-bond acceptors (Lipinski definition) is 2. The molecule has 0 aromatic heterocycles. The molecule has 2 aromatic carbocycles. The Kier molecular flexibility index (Phi) is 3.92. The van der Waals surface area contributed by atoms with Gasteiger partial charge in [0.2, 0.25) is 0 Å². The lowest BCUT2D eigenvalue weighted by molar-refractivity contribution is 0.308. The molecule has 0 spiro atoms. The van der Waals surface area contributed by atoms with Crippen LogP contribution in [0.5, 0.6) is 5.75 Å². The van der Waals surface area contributed by atoms with Gasteiger partial charge >= 0.3 is 0 Å². The summed E-state index contributed by atoms with van der Waals surface area (Å²) in [4.78, 5) is 0. The molecule has 4 heteroatoms.